The van der Waals surface area contributed by atoms with Crippen LogP contribution in [0.2, 0.25) is 0 Å². The van der Waals surface area contributed by atoms with Gasteiger partial charge in [-0.25, -0.2) is 5.10 Å². The van der Waals surface area contributed by atoms with E-state index in [-0.39, 0.29) is 0 Å². The summed E-state index contributed by atoms with van der Waals surface area (Å²) in [7, 11) is 1.77. The molecule has 18 heavy (non-hydrogen) atoms. The van der Waals surface area contributed by atoms with Crippen LogP contribution in [0.3, 0.4) is 0 Å². The van der Waals surface area contributed by atoms with Crippen molar-refractivity contribution in [3.8, 4) is 0 Å². The van der Waals surface area contributed by atoms with Crippen molar-refractivity contribution in [3.05, 3.63) is 5.82 Å². The second-order valence-corrected chi connectivity index (χ2v) is 4.77. The predicted molar refractivity (Wildman–Crippen MR) is 71.3 cm³/mol. The van der Waals surface area contributed by atoms with Gasteiger partial charge in [0.25, 0.3) is 0 Å². The Bertz CT molecular complexity index is 264. The van der Waals surface area contributed by atoms with E-state index in [1.807, 2.05) is 0 Å². The second kappa shape index (κ2) is 11.1. The minimum atomic E-state index is 0.910. The zero-order valence-corrected chi connectivity index (χ0v) is 11.5. The van der Waals surface area contributed by atoms with Crippen molar-refractivity contribution in [2.45, 2.75) is 64.2 Å². The Kier molecular flexibility index (Phi) is 9.34. The zero-order chi connectivity index (χ0) is 12.9. The number of hydrogen-bond donors (Lipinski definition) is 1. The summed E-state index contributed by atoms with van der Waals surface area (Å²) in [5.41, 5.74) is 0. The Morgan fingerprint density at radius 3 is 2.06 bits per heavy atom. The fourth-order valence-electron chi connectivity index (χ4n) is 2.06. The standard InChI is InChI=1S/C13H26N4O/c1-18-12-10-8-6-4-2-3-5-7-9-11-13-14-16-17-15-13/h2-12H2,1H3,(H,14,15,16,17). The summed E-state index contributed by atoms with van der Waals surface area (Å²) in [5.74, 6) is 0.910. The Balaban J connectivity index is 1.73. The fourth-order valence-corrected chi connectivity index (χ4v) is 2.06. The van der Waals surface area contributed by atoms with Gasteiger partial charge in [-0.15, -0.1) is 5.10 Å². The van der Waals surface area contributed by atoms with Gasteiger partial charge in [0, 0.05) is 20.1 Å². The summed E-state index contributed by atoms with van der Waals surface area (Å²) in [6, 6.07) is 0. The normalized spacial score (nSPS) is 10.9. The van der Waals surface area contributed by atoms with E-state index in [4.69, 9.17) is 4.74 Å². The molecule has 0 radical (unpaired) electrons. The van der Waals surface area contributed by atoms with Crippen LogP contribution in [0.5, 0.6) is 0 Å². The van der Waals surface area contributed by atoms with Crippen molar-refractivity contribution >= 4 is 0 Å². The topological polar surface area (TPSA) is 63.7 Å². The second-order valence-electron chi connectivity index (χ2n) is 4.77. The van der Waals surface area contributed by atoms with Crippen molar-refractivity contribution in [1.29, 1.82) is 0 Å². The molecule has 1 N–H and O–H groups in total. The molecular formula is C13H26N4O. The van der Waals surface area contributed by atoms with E-state index >= 15 is 0 Å². The number of rotatable bonds is 12. The van der Waals surface area contributed by atoms with Gasteiger partial charge < -0.3 is 4.74 Å². The molecule has 5 nitrogen and oxygen atoms in total. The summed E-state index contributed by atoms with van der Waals surface area (Å²) in [4.78, 5) is 0. The molecule has 0 saturated heterocycles. The predicted octanol–water partition coefficient (Wildman–Crippen LogP) is 2.90. The molecule has 1 heterocycles. The summed E-state index contributed by atoms with van der Waals surface area (Å²) < 4.78 is 5.03. The first kappa shape index (κ1) is 15.1. The lowest BCUT2D eigenvalue weighted by Crippen LogP contribution is -1.90. The third-order valence-electron chi connectivity index (χ3n) is 3.15. The molecule has 1 aromatic rings. The number of nitrogens with zero attached hydrogens (tertiary/aromatic N) is 3. The Hall–Kier alpha value is -0.970. The number of hydrogen-bond acceptors (Lipinski definition) is 4. The Morgan fingerprint density at radius 2 is 1.50 bits per heavy atom. The van der Waals surface area contributed by atoms with Gasteiger partial charge in [-0.3, -0.25) is 0 Å². The van der Waals surface area contributed by atoms with Crippen LogP contribution in [0.4, 0.5) is 0 Å². The first-order valence-electron chi connectivity index (χ1n) is 7.15. The molecule has 0 amide bonds. The van der Waals surface area contributed by atoms with Gasteiger partial charge in [-0.1, -0.05) is 44.9 Å². The number of H-pyrrole nitrogens is 1. The third-order valence-corrected chi connectivity index (χ3v) is 3.15. The number of tetrazole rings is 1. The zero-order valence-electron chi connectivity index (χ0n) is 11.5. The highest BCUT2D eigenvalue weighted by atomic mass is 16.5. The summed E-state index contributed by atoms with van der Waals surface area (Å²) in [6.45, 7) is 0.913. The van der Waals surface area contributed by atoms with Gasteiger partial charge >= 0.3 is 0 Å². The summed E-state index contributed by atoms with van der Waals surface area (Å²) in [6.07, 6.45) is 12.8. The van der Waals surface area contributed by atoms with Crippen LogP contribution in [0, 0.1) is 0 Å². The van der Waals surface area contributed by atoms with E-state index in [0.29, 0.717) is 0 Å². The first-order valence-corrected chi connectivity index (χ1v) is 7.15. The molecule has 0 atom stereocenters. The molecule has 0 unspecified atom stereocenters. The Labute approximate surface area is 110 Å². The van der Waals surface area contributed by atoms with E-state index in [0.717, 1.165) is 18.9 Å². The number of aromatic amines is 1. The molecule has 0 aliphatic rings. The van der Waals surface area contributed by atoms with Gasteiger partial charge in [-0.05, 0) is 23.3 Å². The van der Waals surface area contributed by atoms with Crippen LogP contribution in [0.1, 0.15) is 63.6 Å². The summed E-state index contributed by atoms with van der Waals surface area (Å²) >= 11 is 0. The lowest BCUT2D eigenvalue weighted by Gasteiger charge is -2.02. The van der Waals surface area contributed by atoms with Crippen LogP contribution in [-0.4, -0.2) is 34.3 Å². The Morgan fingerprint density at radius 1 is 0.889 bits per heavy atom. The maximum absolute atomic E-state index is 5.03. The van der Waals surface area contributed by atoms with E-state index in [2.05, 4.69) is 20.6 Å². The maximum atomic E-state index is 5.03. The quantitative estimate of drug-likeness (QED) is 0.582. The largest absolute Gasteiger partial charge is 0.385 e. The first-order chi connectivity index (χ1) is 8.93. The van der Waals surface area contributed by atoms with Gasteiger partial charge in [0.1, 0.15) is 5.82 Å². The average molecular weight is 254 g/mol. The van der Waals surface area contributed by atoms with Crippen LogP contribution < -0.4 is 0 Å². The molecule has 0 fully saturated rings. The average Bonchev–Trinajstić information content (AvgIpc) is 2.89. The molecule has 0 aliphatic carbocycles. The summed E-state index contributed by atoms with van der Waals surface area (Å²) in [5, 5.41) is 13.8. The molecule has 0 saturated carbocycles. The van der Waals surface area contributed by atoms with E-state index in [1.54, 1.807) is 7.11 Å². The number of methoxy groups -OCH3 is 1. The SMILES string of the molecule is COCCCCCCCCCCCc1nnn[nH]1. The van der Waals surface area contributed by atoms with Crippen molar-refractivity contribution < 1.29 is 4.74 Å². The fraction of sp³-hybridized carbons (Fsp3) is 0.923. The molecule has 0 bridgehead atoms. The van der Waals surface area contributed by atoms with Crippen molar-refractivity contribution in [3.63, 3.8) is 0 Å². The number of nitrogens with one attached hydrogen (secondary N) is 1. The van der Waals surface area contributed by atoms with Crippen LogP contribution in [0.25, 0.3) is 0 Å². The highest BCUT2D eigenvalue weighted by molar-refractivity contribution is 4.74. The van der Waals surface area contributed by atoms with Gasteiger partial charge in [0.2, 0.25) is 0 Å². The number of aromatic nitrogens is 4. The monoisotopic (exact) mass is 254 g/mol. The molecule has 5 heteroatoms. The van der Waals surface area contributed by atoms with Crippen LogP contribution in [-0.2, 0) is 11.2 Å². The van der Waals surface area contributed by atoms with Gasteiger partial charge in [0.05, 0.1) is 0 Å². The minimum absolute atomic E-state index is 0.910. The van der Waals surface area contributed by atoms with Crippen molar-refractivity contribution in [2.75, 3.05) is 13.7 Å². The van der Waals surface area contributed by atoms with Crippen LogP contribution >= 0.6 is 0 Å². The molecule has 1 aromatic heterocycles. The number of aryl methyl sites for hydroxylation is 1. The molecule has 0 aliphatic heterocycles. The van der Waals surface area contributed by atoms with Crippen molar-refractivity contribution in [2.24, 2.45) is 0 Å². The number of ether oxygens (including phenoxy) is 1. The third kappa shape index (κ3) is 8.17. The smallest absolute Gasteiger partial charge is 0.148 e. The highest BCUT2D eigenvalue weighted by Gasteiger charge is 1.97. The molecule has 104 valence electrons. The lowest BCUT2D eigenvalue weighted by molar-refractivity contribution is 0.192. The van der Waals surface area contributed by atoms with E-state index in [1.165, 1.54) is 57.8 Å². The van der Waals surface area contributed by atoms with Gasteiger partial charge in [0.15, 0.2) is 0 Å². The molecule has 0 spiro atoms. The van der Waals surface area contributed by atoms with E-state index < -0.39 is 0 Å². The molecular weight excluding hydrogens is 228 g/mol. The van der Waals surface area contributed by atoms with E-state index in [9.17, 15) is 0 Å². The van der Waals surface area contributed by atoms with Crippen LogP contribution in [0.15, 0.2) is 0 Å². The highest BCUT2D eigenvalue weighted by Crippen LogP contribution is 2.10. The minimum Gasteiger partial charge on any atom is -0.385 e. The molecule has 0 aromatic carbocycles. The molecule has 1 rings (SSSR count). The lowest BCUT2D eigenvalue weighted by atomic mass is 10.1. The number of unbranched alkanes of at least 4 members (excludes halogenated alkanes) is 8. The maximum Gasteiger partial charge on any atom is 0.148 e. The van der Waals surface area contributed by atoms with Crippen molar-refractivity contribution in [1.82, 2.24) is 20.6 Å². The van der Waals surface area contributed by atoms with Gasteiger partial charge in [-0.2, -0.15) is 0 Å².